The van der Waals surface area contributed by atoms with Gasteiger partial charge >= 0.3 is 0 Å². The van der Waals surface area contributed by atoms with E-state index in [0.29, 0.717) is 18.5 Å². The van der Waals surface area contributed by atoms with Gasteiger partial charge in [-0.2, -0.15) is 0 Å². The van der Waals surface area contributed by atoms with Crippen LogP contribution >= 0.6 is 35.3 Å². The van der Waals surface area contributed by atoms with Crippen LogP contribution < -0.4 is 11.1 Å². The number of guanidine groups is 1. The molecule has 6 heteroatoms. The van der Waals surface area contributed by atoms with Crippen molar-refractivity contribution in [2.75, 3.05) is 6.54 Å². The number of hydrogen-bond acceptors (Lipinski definition) is 3. The van der Waals surface area contributed by atoms with Gasteiger partial charge in [0.1, 0.15) is 0 Å². The molecule has 0 saturated heterocycles. The number of hydrogen-bond donors (Lipinski definition) is 2. The van der Waals surface area contributed by atoms with E-state index in [4.69, 9.17) is 5.73 Å². The van der Waals surface area contributed by atoms with Gasteiger partial charge in [-0.1, -0.05) is 25.7 Å². The molecule has 0 unspecified atom stereocenters. The van der Waals surface area contributed by atoms with E-state index in [9.17, 15) is 0 Å². The summed E-state index contributed by atoms with van der Waals surface area (Å²) in [7, 11) is 0. The van der Waals surface area contributed by atoms with Crippen molar-refractivity contribution >= 4 is 41.3 Å². The Hall–Kier alpha value is -0.370. The summed E-state index contributed by atoms with van der Waals surface area (Å²) in [6.07, 6.45) is 8.66. The molecule has 1 fully saturated rings. The third kappa shape index (κ3) is 6.39. The molecule has 0 aliphatic heterocycles. The van der Waals surface area contributed by atoms with E-state index in [0.717, 1.165) is 17.1 Å². The smallest absolute Gasteiger partial charge is 0.188 e. The molecule has 0 spiro atoms. The molecule has 0 aromatic carbocycles. The second kappa shape index (κ2) is 9.55. The number of aryl methyl sites for hydroxylation is 1. The average Bonchev–Trinajstić information content (AvgIpc) is 2.63. The van der Waals surface area contributed by atoms with Gasteiger partial charge in [-0.15, -0.1) is 35.3 Å². The fourth-order valence-corrected chi connectivity index (χ4v) is 3.14. The van der Waals surface area contributed by atoms with Gasteiger partial charge in [0.25, 0.3) is 0 Å². The molecule has 1 heterocycles. The fourth-order valence-electron chi connectivity index (χ4n) is 2.49. The highest BCUT2D eigenvalue weighted by Crippen LogP contribution is 2.16. The molecular formula is C14H25IN4S. The molecule has 1 aromatic rings. The van der Waals surface area contributed by atoms with Gasteiger partial charge in [0.15, 0.2) is 5.96 Å². The van der Waals surface area contributed by atoms with E-state index in [1.165, 1.54) is 38.5 Å². The molecule has 0 bridgehead atoms. The van der Waals surface area contributed by atoms with Crippen LogP contribution in [0.25, 0.3) is 0 Å². The minimum atomic E-state index is 0. The lowest BCUT2D eigenvalue weighted by Gasteiger charge is -2.16. The van der Waals surface area contributed by atoms with Crippen molar-refractivity contribution in [2.24, 2.45) is 10.7 Å². The number of nitrogens with one attached hydrogen (secondary N) is 1. The number of nitrogens with two attached hydrogens (primary N) is 1. The van der Waals surface area contributed by atoms with Crippen LogP contribution in [-0.2, 0) is 6.42 Å². The van der Waals surface area contributed by atoms with Crippen LogP contribution in [-0.4, -0.2) is 23.5 Å². The zero-order chi connectivity index (χ0) is 13.5. The van der Waals surface area contributed by atoms with E-state index < -0.39 is 0 Å². The van der Waals surface area contributed by atoms with Gasteiger partial charge in [-0.3, -0.25) is 4.99 Å². The Morgan fingerprint density at radius 1 is 1.40 bits per heavy atom. The summed E-state index contributed by atoms with van der Waals surface area (Å²) in [6.45, 7) is 2.74. The van der Waals surface area contributed by atoms with Crippen LogP contribution in [0.15, 0.2) is 10.4 Å². The van der Waals surface area contributed by atoms with Crippen molar-refractivity contribution < 1.29 is 0 Å². The van der Waals surface area contributed by atoms with Crippen LogP contribution in [0.4, 0.5) is 0 Å². The highest BCUT2D eigenvalue weighted by molar-refractivity contribution is 14.0. The molecule has 4 nitrogen and oxygen atoms in total. The average molecular weight is 408 g/mol. The van der Waals surface area contributed by atoms with Gasteiger partial charge in [-0.05, 0) is 19.8 Å². The van der Waals surface area contributed by atoms with E-state index in [1.807, 2.05) is 6.92 Å². The minimum absolute atomic E-state index is 0. The van der Waals surface area contributed by atoms with Crippen molar-refractivity contribution in [1.82, 2.24) is 10.3 Å². The Labute approximate surface area is 142 Å². The van der Waals surface area contributed by atoms with Gasteiger partial charge < -0.3 is 11.1 Å². The molecule has 114 valence electrons. The standard InChI is InChI=1S/C14H24N4S.HI/c1-11-17-13(10-19-11)8-9-16-14(15)18-12-6-4-2-3-5-7-12;/h10,12H,2-9H2,1H3,(H3,15,16,18);1H. The van der Waals surface area contributed by atoms with Crippen LogP contribution in [0.1, 0.15) is 49.2 Å². The van der Waals surface area contributed by atoms with Gasteiger partial charge in [0.05, 0.1) is 10.7 Å². The summed E-state index contributed by atoms with van der Waals surface area (Å²) >= 11 is 1.69. The molecule has 1 aliphatic carbocycles. The molecule has 1 aliphatic rings. The van der Waals surface area contributed by atoms with E-state index >= 15 is 0 Å². The summed E-state index contributed by atoms with van der Waals surface area (Å²) in [5.74, 6) is 0.596. The van der Waals surface area contributed by atoms with E-state index in [2.05, 4.69) is 20.7 Å². The van der Waals surface area contributed by atoms with Crippen molar-refractivity contribution in [3.8, 4) is 0 Å². The summed E-state index contributed by atoms with van der Waals surface area (Å²) in [5.41, 5.74) is 7.06. The normalized spacial score (nSPS) is 17.4. The molecule has 1 saturated carbocycles. The van der Waals surface area contributed by atoms with E-state index in [-0.39, 0.29) is 24.0 Å². The molecule has 1 aromatic heterocycles. The third-order valence-electron chi connectivity index (χ3n) is 3.52. The zero-order valence-electron chi connectivity index (χ0n) is 12.1. The van der Waals surface area contributed by atoms with E-state index in [1.54, 1.807) is 11.3 Å². The summed E-state index contributed by atoms with van der Waals surface area (Å²) < 4.78 is 0. The topological polar surface area (TPSA) is 63.3 Å². The van der Waals surface area contributed by atoms with Crippen molar-refractivity contribution in [3.63, 3.8) is 0 Å². The first-order valence-corrected chi connectivity index (χ1v) is 8.09. The fraction of sp³-hybridized carbons (Fsp3) is 0.714. The monoisotopic (exact) mass is 408 g/mol. The van der Waals surface area contributed by atoms with Gasteiger partial charge in [0, 0.05) is 24.4 Å². The summed E-state index contributed by atoms with van der Waals surface area (Å²) in [6, 6.07) is 0.521. The molecule has 0 radical (unpaired) electrons. The first-order valence-electron chi connectivity index (χ1n) is 7.21. The largest absolute Gasteiger partial charge is 0.370 e. The Kier molecular flexibility index (Phi) is 8.44. The third-order valence-corrected chi connectivity index (χ3v) is 4.35. The van der Waals surface area contributed by atoms with Crippen molar-refractivity contribution in [3.05, 3.63) is 16.1 Å². The predicted molar refractivity (Wildman–Crippen MR) is 97.1 cm³/mol. The molecular weight excluding hydrogens is 383 g/mol. The number of halogens is 1. The number of nitrogens with zero attached hydrogens (tertiary/aromatic N) is 2. The Bertz CT molecular complexity index is 411. The van der Waals surface area contributed by atoms with Crippen LogP contribution in [0, 0.1) is 6.92 Å². The van der Waals surface area contributed by atoms with Crippen molar-refractivity contribution in [2.45, 2.75) is 57.9 Å². The highest BCUT2D eigenvalue weighted by Gasteiger charge is 2.12. The second-order valence-corrected chi connectivity index (χ2v) is 6.27. The predicted octanol–water partition coefficient (Wildman–Crippen LogP) is 3.24. The lowest BCUT2D eigenvalue weighted by molar-refractivity contribution is 0.530. The summed E-state index contributed by atoms with van der Waals surface area (Å²) in [5, 5.41) is 6.57. The zero-order valence-corrected chi connectivity index (χ0v) is 15.2. The van der Waals surface area contributed by atoms with Gasteiger partial charge in [-0.25, -0.2) is 4.98 Å². The number of rotatable bonds is 4. The van der Waals surface area contributed by atoms with Crippen LogP contribution in [0.3, 0.4) is 0 Å². The van der Waals surface area contributed by atoms with Crippen LogP contribution in [0.2, 0.25) is 0 Å². The Morgan fingerprint density at radius 2 is 2.10 bits per heavy atom. The highest BCUT2D eigenvalue weighted by atomic mass is 127. The minimum Gasteiger partial charge on any atom is -0.370 e. The lowest BCUT2D eigenvalue weighted by atomic mass is 10.1. The Morgan fingerprint density at radius 3 is 2.70 bits per heavy atom. The first-order chi connectivity index (χ1) is 9.24. The SMILES string of the molecule is Cc1nc(CCN=C(N)NC2CCCCCC2)cs1.I. The molecule has 2 rings (SSSR count). The van der Waals surface area contributed by atoms with Crippen LogP contribution in [0.5, 0.6) is 0 Å². The molecule has 0 atom stereocenters. The molecule has 0 amide bonds. The second-order valence-electron chi connectivity index (χ2n) is 5.21. The number of aromatic nitrogens is 1. The quantitative estimate of drug-likeness (QED) is 0.348. The van der Waals surface area contributed by atoms with Gasteiger partial charge in [0.2, 0.25) is 0 Å². The number of thiazole rings is 1. The molecule has 20 heavy (non-hydrogen) atoms. The molecule has 3 N–H and O–H groups in total. The summed E-state index contributed by atoms with van der Waals surface area (Å²) in [4.78, 5) is 8.82. The Balaban J connectivity index is 0.00000200. The lowest BCUT2D eigenvalue weighted by Crippen LogP contribution is -2.40. The van der Waals surface area contributed by atoms with Crippen molar-refractivity contribution in [1.29, 1.82) is 0 Å². The number of aliphatic imine (C=N–C) groups is 1. The first kappa shape index (κ1) is 17.7. The maximum Gasteiger partial charge on any atom is 0.188 e. The maximum absolute atomic E-state index is 5.95. The maximum atomic E-state index is 5.95.